The lowest BCUT2D eigenvalue weighted by molar-refractivity contribution is -0.147. The first-order chi connectivity index (χ1) is 15.1. The molecule has 0 saturated carbocycles. The number of carboxylic acids is 1. The number of anilines is 1. The van der Waals surface area contributed by atoms with Crippen LogP contribution in [0.4, 0.5) is 5.00 Å². The van der Waals surface area contributed by atoms with Crippen LogP contribution in [0.25, 0.3) is 11.1 Å². The van der Waals surface area contributed by atoms with Crippen LogP contribution in [-0.4, -0.2) is 42.3 Å². The molecular formula is C24H27NO6S. The van der Waals surface area contributed by atoms with E-state index in [2.05, 4.69) is 26.1 Å². The van der Waals surface area contributed by atoms with E-state index in [0.717, 1.165) is 5.56 Å². The highest BCUT2D eigenvalue weighted by Gasteiger charge is 2.55. The molecule has 2 bridgehead atoms. The molecule has 1 amide bonds. The van der Waals surface area contributed by atoms with Crippen molar-refractivity contribution in [2.45, 2.75) is 51.2 Å². The molecule has 8 heteroatoms. The summed E-state index contributed by atoms with van der Waals surface area (Å²) in [7, 11) is 1.29. The molecule has 1 aromatic heterocycles. The average molecular weight is 458 g/mol. The number of esters is 1. The van der Waals surface area contributed by atoms with E-state index in [9.17, 15) is 19.5 Å². The van der Waals surface area contributed by atoms with E-state index in [1.807, 2.05) is 24.3 Å². The minimum atomic E-state index is -1.03. The molecule has 2 N–H and O–H groups in total. The van der Waals surface area contributed by atoms with E-state index in [1.165, 1.54) is 24.0 Å². The van der Waals surface area contributed by atoms with Crippen molar-refractivity contribution in [1.29, 1.82) is 0 Å². The molecule has 2 aliphatic heterocycles. The number of methoxy groups -OCH3 is 1. The van der Waals surface area contributed by atoms with Crippen LogP contribution in [0.5, 0.6) is 0 Å². The molecule has 0 aliphatic carbocycles. The molecule has 2 saturated heterocycles. The number of aliphatic carboxylic acids is 1. The molecule has 4 rings (SSSR count). The molecule has 2 fully saturated rings. The smallest absolute Gasteiger partial charge is 0.341 e. The van der Waals surface area contributed by atoms with Crippen molar-refractivity contribution in [3.05, 3.63) is 40.8 Å². The molecule has 32 heavy (non-hydrogen) atoms. The fourth-order valence-electron chi connectivity index (χ4n) is 4.64. The zero-order chi connectivity index (χ0) is 23.2. The summed E-state index contributed by atoms with van der Waals surface area (Å²) in [5.74, 6) is -3.69. The lowest BCUT2D eigenvalue weighted by atomic mass is 9.78. The number of carboxylic acid groups (broad SMARTS) is 1. The van der Waals surface area contributed by atoms with Crippen LogP contribution in [0, 0.1) is 11.8 Å². The third-order valence-electron chi connectivity index (χ3n) is 6.34. The number of fused-ring (bicyclic) bond motifs is 2. The Morgan fingerprint density at radius 1 is 1.09 bits per heavy atom. The number of benzene rings is 1. The summed E-state index contributed by atoms with van der Waals surface area (Å²) in [5, 5.41) is 14.6. The molecule has 0 radical (unpaired) electrons. The number of thiophene rings is 1. The fraction of sp³-hybridized carbons (Fsp3) is 0.458. The summed E-state index contributed by atoms with van der Waals surface area (Å²) in [6.45, 7) is 6.39. The number of ether oxygens (including phenoxy) is 2. The van der Waals surface area contributed by atoms with Crippen molar-refractivity contribution in [3.63, 3.8) is 0 Å². The molecule has 7 nitrogen and oxygen atoms in total. The maximum atomic E-state index is 13.1. The quantitative estimate of drug-likeness (QED) is 0.649. The Morgan fingerprint density at radius 3 is 2.28 bits per heavy atom. The minimum Gasteiger partial charge on any atom is -0.481 e. The molecule has 2 aromatic rings. The largest absolute Gasteiger partial charge is 0.481 e. The highest BCUT2D eigenvalue weighted by molar-refractivity contribution is 7.15. The van der Waals surface area contributed by atoms with E-state index in [1.54, 1.807) is 5.38 Å². The van der Waals surface area contributed by atoms with E-state index < -0.39 is 41.9 Å². The fourth-order valence-corrected chi connectivity index (χ4v) is 5.60. The predicted molar refractivity (Wildman–Crippen MR) is 121 cm³/mol. The van der Waals surface area contributed by atoms with E-state index >= 15 is 0 Å². The number of rotatable bonds is 5. The molecule has 0 spiro atoms. The van der Waals surface area contributed by atoms with Gasteiger partial charge in [-0.3, -0.25) is 9.59 Å². The summed E-state index contributed by atoms with van der Waals surface area (Å²) in [6.07, 6.45) is 0.458. The number of hydrogen-bond donors (Lipinski definition) is 2. The predicted octanol–water partition coefficient (Wildman–Crippen LogP) is 4.32. The van der Waals surface area contributed by atoms with E-state index in [4.69, 9.17) is 9.47 Å². The van der Waals surface area contributed by atoms with Crippen molar-refractivity contribution in [2.75, 3.05) is 12.4 Å². The summed E-state index contributed by atoms with van der Waals surface area (Å²) in [5.41, 5.74) is 2.94. The van der Waals surface area contributed by atoms with Gasteiger partial charge in [0.05, 0.1) is 31.2 Å². The molecule has 0 unspecified atom stereocenters. The second kappa shape index (κ2) is 8.33. The van der Waals surface area contributed by atoms with Gasteiger partial charge >= 0.3 is 11.9 Å². The SMILES string of the molecule is COC(=O)c1c(-c2ccc(C(C)(C)C)cc2)csc1NC(=O)[C@H]1[C@H](C(=O)O)[C@H]2CC[C@H]1O2. The Balaban J connectivity index is 1.64. The Hall–Kier alpha value is -2.71. The zero-order valence-corrected chi connectivity index (χ0v) is 19.3. The maximum absolute atomic E-state index is 13.1. The van der Waals surface area contributed by atoms with Crippen molar-refractivity contribution < 1.29 is 29.0 Å². The lowest BCUT2D eigenvalue weighted by Crippen LogP contribution is -2.41. The molecule has 170 valence electrons. The summed E-state index contributed by atoms with van der Waals surface area (Å²) in [4.78, 5) is 37.5. The van der Waals surface area contributed by atoms with Gasteiger partial charge in [0.15, 0.2) is 0 Å². The Bertz CT molecular complexity index is 1050. The van der Waals surface area contributed by atoms with Gasteiger partial charge in [-0.05, 0) is 29.4 Å². The average Bonchev–Trinajstić information content (AvgIpc) is 3.47. The molecule has 1 aromatic carbocycles. The van der Waals surface area contributed by atoms with Crippen molar-refractivity contribution in [3.8, 4) is 11.1 Å². The number of carbonyl (C=O) groups is 3. The number of hydrogen-bond acceptors (Lipinski definition) is 6. The number of amides is 1. The van der Waals surface area contributed by atoms with Gasteiger partial charge in [-0.1, -0.05) is 45.0 Å². The molecule has 3 heterocycles. The molecular weight excluding hydrogens is 430 g/mol. The highest BCUT2D eigenvalue weighted by atomic mass is 32.1. The van der Waals surface area contributed by atoms with Crippen LogP contribution in [0.3, 0.4) is 0 Å². The topological polar surface area (TPSA) is 102 Å². The van der Waals surface area contributed by atoms with Crippen LogP contribution in [0.15, 0.2) is 29.6 Å². The van der Waals surface area contributed by atoms with Gasteiger partial charge < -0.3 is 19.9 Å². The van der Waals surface area contributed by atoms with Crippen LogP contribution < -0.4 is 5.32 Å². The summed E-state index contributed by atoms with van der Waals surface area (Å²) < 4.78 is 10.7. The van der Waals surface area contributed by atoms with E-state index in [-0.39, 0.29) is 11.0 Å². The van der Waals surface area contributed by atoms with E-state index in [0.29, 0.717) is 23.4 Å². The van der Waals surface area contributed by atoms with Crippen LogP contribution in [0.1, 0.15) is 49.5 Å². The zero-order valence-electron chi connectivity index (χ0n) is 18.5. The Kier molecular flexibility index (Phi) is 5.85. The van der Waals surface area contributed by atoms with Crippen LogP contribution in [-0.2, 0) is 24.5 Å². The third kappa shape index (κ3) is 3.93. The first kappa shape index (κ1) is 22.5. The van der Waals surface area contributed by atoms with Gasteiger partial charge in [0, 0.05) is 10.9 Å². The Morgan fingerprint density at radius 2 is 1.72 bits per heavy atom. The second-order valence-corrected chi connectivity index (χ2v) is 10.2. The van der Waals surface area contributed by atoms with Gasteiger partial charge in [0.2, 0.25) is 5.91 Å². The number of nitrogens with one attached hydrogen (secondary N) is 1. The first-order valence-corrected chi connectivity index (χ1v) is 11.5. The van der Waals surface area contributed by atoms with Gasteiger partial charge in [-0.2, -0.15) is 0 Å². The summed E-state index contributed by atoms with van der Waals surface area (Å²) in [6, 6.07) is 7.95. The third-order valence-corrected chi connectivity index (χ3v) is 7.24. The normalized spacial score (nSPS) is 24.4. The van der Waals surface area contributed by atoms with Crippen molar-refractivity contribution in [2.24, 2.45) is 11.8 Å². The number of carbonyl (C=O) groups excluding carboxylic acids is 2. The monoisotopic (exact) mass is 457 g/mol. The maximum Gasteiger partial charge on any atom is 0.341 e. The second-order valence-electron chi connectivity index (χ2n) is 9.34. The van der Waals surface area contributed by atoms with Gasteiger partial charge in [0.1, 0.15) is 10.6 Å². The molecule has 2 aliphatic rings. The highest BCUT2D eigenvalue weighted by Crippen LogP contribution is 2.45. The summed E-state index contributed by atoms with van der Waals surface area (Å²) >= 11 is 1.22. The van der Waals surface area contributed by atoms with Crippen LogP contribution in [0.2, 0.25) is 0 Å². The first-order valence-electron chi connectivity index (χ1n) is 10.6. The van der Waals surface area contributed by atoms with Crippen molar-refractivity contribution in [1.82, 2.24) is 0 Å². The minimum absolute atomic E-state index is 0.000902. The van der Waals surface area contributed by atoms with Crippen LogP contribution >= 0.6 is 11.3 Å². The van der Waals surface area contributed by atoms with Gasteiger partial charge in [0.25, 0.3) is 0 Å². The Labute approximate surface area is 190 Å². The lowest BCUT2D eigenvalue weighted by Gasteiger charge is -2.23. The van der Waals surface area contributed by atoms with Gasteiger partial charge in [-0.15, -0.1) is 11.3 Å². The van der Waals surface area contributed by atoms with Crippen molar-refractivity contribution >= 4 is 34.2 Å². The molecule has 4 atom stereocenters. The standard InChI is InChI=1S/C24H27NO6S/c1-24(2,3)13-7-5-12(6-8-13)14-11-32-21(17(14)23(29)30-4)25-20(26)18-15-9-10-16(31-15)19(18)22(27)28/h5-8,11,15-16,18-19H,9-10H2,1-4H3,(H,25,26)(H,27,28)/t15-,16-,18-,19-/m1/s1. The van der Waals surface area contributed by atoms with Gasteiger partial charge in [-0.25, -0.2) is 4.79 Å².